The van der Waals surface area contributed by atoms with Crippen molar-refractivity contribution >= 4 is 13.9 Å². The SMILES string of the molecule is C=C1C=CN([C@H]2C[C@@H]3OP(=O)(OCCCCCCCCC)OC[C@H]3O2)C(=O)N1. The predicted molar refractivity (Wildman–Crippen MR) is 104 cm³/mol. The van der Waals surface area contributed by atoms with Crippen molar-refractivity contribution in [3.8, 4) is 0 Å². The minimum atomic E-state index is -3.57. The highest BCUT2D eigenvalue weighted by atomic mass is 31.2. The number of allylic oxidation sites excluding steroid dienone is 1. The van der Waals surface area contributed by atoms with E-state index in [9.17, 15) is 9.36 Å². The van der Waals surface area contributed by atoms with E-state index in [1.54, 1.807) is 12.3 Å². The molecule has 0 aromatic carbocycles. The second-order valence-electron chi connectivity index (χ2n) is 7.38. The van der Waals surface area contributed by atoms with Crippen LogP contribution in [-0.4, -0.2) is 42.6 Å². The molecule has 0 bridgehead atoms. The van der Waals surface area contributed by atoms with Gasteiger partial charge in [-0.3, -0.25) is 18.5 Å². The number of fused-ring (bicyclic) bond motifs is 1. The van der Waals surface area contributed by atoms with E-state index in [0.717, 1.165) is 19.3 Å². The van der Waals surface area contributed by atoms with Gasteiger partial charge in [-0.1, -0.05) is 52.0 Å². The van der Waals surface area contributed by atoms with Crippen molar-refractivity contribution < 1.29 is 27.7 Å². The lowest BCUT2D eigenvalue weighted by molar-refractivity contribution is -0.0764. The lowest BCUT2D eigenvalue weighted by atomic mass is 10.1. The van der Waals surface area contributed by atoms with Gasteiger partial charge in [0.05, 0.1) is 13.2 Å². The Bertz CT molecular complexity index is 640. The molecule has 0 aromatic rings. The summed E-state index contributed by atoms with van der Waals surface area (Å²) >= 11 is 0. The average Bonchev–Trinajstić information content (AvgIpc) is 3.06. The van der Waals surface area contributed by atoms with Gasteiger partial charge in [0, 0.05) is 18.3 Å². The standard InChI is InChI=1S/C19H31N2O6P/c1-3-4-5-6-7-8-9-12-24-28(23)25-14-17-16(27-28)13-18(26-17)21-11-10-15(2)20-19(21)22/h10-11,16-18H,2-9,12-14H2,1H3,(H,20,22)/t16-,17+,18+,28?/m0/s1. The predicted octanol–water partition coefficient (Wildman–Crippen LogP) is 4.44. The molecule has 2 amide bonds. The van der Waals surface area contributed by atoms with Gasteiger partial charge in [-0.2, -0.15) is 0 Å². The molecular formula is C19H31N2O6P. The van der Waals surface area contributed by atoms with Crippen LogP contribution >= 0.6 is 7.82 Å². The molecule has 2 fully saturated rings. The number of amides is 2. The topological polar surface area (TPSA) is 86.3 Å². The van der Waals surface area contributed by atoms with Crippen LogP contribution in [0.2, 0.25) is 0 Å². The van der Waals surface area contributed by atoms with Crippen molar-refractivity contribution in [2.24, 2.45) is 0 Å². The fraction of sp³-hybridized carbons (Fsp3) is 0.737. The van der Waals surface area contributed by atoms with Gasteiger partial charge in [-0.25, -0.2) is 9.36 Å². The summed E-state index contributed by atoms with van der Waals surface area (Å²) in [6.45, 7) is 6.37. The molecule has 0 spiro atoms. The normalized spacial score (nSPS) is 32.5. The number of unbranched alkanes of at least 4 members (excludes halogenated alkanes) is 6. The van der Waals surface area contributed by atoms with Gasteiger partial charge in [0.25, 0.3) is 0 Å². The first kappa shape index (κ1) is 21.5. The van der Waals surface area contributed by atoms with E-state index < -0.39 is 20.2 Å². The monoisotopic (exact) mass is 414 g/mol. The van der Waals surface area contributed by atoms with Crippen LogP contribution in [-0.2, 0) is 22.9 Å². The van der Waals surface area contributed by atoms with Crippen molar-refractivity contribution in [1.82, 2.24) is 10.2 Å². The Morgan fingerprint density at radius 1 is 1.25 bits per heavy atom. The number of carbonyl (C=O) groups is 1. The van der Waals surface area contributed by atoms with Crippen LogP contribution in [0.15, 0.2) is 24.6 Å². The molecule has 3 rings (SSSR count). The van der Waals surface area contributed by atoms with Gasteiger partial charge in [0.2, 0.25) is 0 Å². The molecule has 8 nitrogen and oxygen atoms in total. The summed E-state index contributed by atoms with van der Waals surface area (Å²) in [7, 11) is -3.57. The third kappa shape index (κ3) is 5.67. The van der Waals surface area contributed by atoms with Gasteiger partial charge in [0.15, 0.2) is 0 Å². The van der Waals surface area contributed by atoms with E-state index in [4.69, 9.17) is 18.3 Å². The maximum Gasteiger partial charge on any atom is 0.475 e. The molecule has 3 heterocycles. The molecule has 0 aliphatic carbocycles. The minimum absolute atomic E-state index is 0.126. The summed E-state index contributed by atoms with van der Waals surface area (Å²) in [5.41, 5.74) is 0.527. The average molecular weight is 414 g/mol. The number of hydrogen-bond acceptors (Lipinski definition) is 6. The Kier molecular flexibility index (Phi) is 7.71. The summed E-state index contributed by atoms with van der Waals surface area (Å²) in [6, 6.07) is -0.310. The maximum atomic E-state index is 12.7. The van der Waals surface area contributed by atoms with E-state index in [-0.39, 0.29) is 18.7 Å². The second-order valence-corrected chi connectivity index (χ2v) is 9.01. The van der Waals surface area contributed by atoms with E-state index in [2.05, 4.69) is 18.8 Å². The quantitative estimate of drug-likeness (QED) is 0.420. The largest absolute Gasteiger partial charge is 0.475 e. The van der Waals surface area contributed by atoms with E-state index in [1.165, 1.54) is 30.6 Å². The molecule has 1 unspecified atom stereocenters. The fourth-order valence-corrected chi connectivity index (χ4v) is 4.94. The number of phosphoric acid groups is 1. The Morgan fingerprint density at radius 3 is 2.75 bits per heavy atom. The van der Waals surface area contributed by atoms with Crippen LogP contribution in [0.1, 0.15) is 58.3 Å². The molecule has 0 aromatic heterocycles. The minimum Gasteiger partial charge on any atom is -0.349 e. The summed E-state index contributed by atoms with van der Waals surface area (Å²) in [5, 5.41) is 2.63. The molecule has 1 N–H and O–H groups in total. The summed E-state index contributed by atoms with van der Waals surface area (Å²) in [4.78, 5) is 13.5. The van der Waals surface area contributed by atoms with Gasteiger partial charge in [-0.15, -0.1) is 0 Å². The molecule has 0 radical (unpaired) electrons. The summed E-state index contributed by atoms with van der Waals surface area (Å²) < 4.78 is 35.0. The highest BCUT2D eigenvalue weighted by Crippen LogP contribution is 2.56. The zero-order valence-electron chi connectivity index (χ0n) is 16.5. The van der Waals surface area contributed by atoms with Crippen LogP contribution in [0.3, 0.4) is 0 Å². The van der Waals surface area contributed by atoms with Crippen LogP contribution in [0.5, 0.6) is 0 Å². The lowest BCUT2D eigenvalue weighted by Crippen LogP contribution is -2.44. The number of urea groups is 1. The highest BCUT2D eigenvalue weighted by Gasteiger charge is 2.49. The van der Waals surface area contributed by atoms with Crippen LogP contribution in [0, 0.1) is 0 Å². The number of nitrogens with one attached hydrogen (secondary N) is 1. The third-order valence-electron chi connectivity index (χ3n) is 5.09. The molecule has 9 heteroatoms. The molecule has 2 saturated heterocycles. The first-order valence-electron chi connectivity index (χ1n) is 10.2. The van der Waals surface area contributed by atoms with E-state index in [1.807, 2.05) is 0 Å². The molecule has 158 valence electrons. The Balaban J connectivity index is 1.40. The smallest absolute Gasteiger partial charge is 0.349 e. The van der Waals surface area contributed by atoms with E-state index >= 15 is 0 Å². The van der Waals surface area contributed by atoms with Crippen molar-refractivity contribution in [2.75, 3.05) is 13.2 Å². The van der Waals surface area contributed by atoms with Gasteiger partial charge in [0.1, 0.15) is 18.4 Å². The highest BCUT2D eigenvalue weighted by molar-refractivity contribution is 7.48. The van der Waals surface area contributed by atoms with Crippen LogP contribution in [0.4, 0.5) is 4.79 Å². The first-order valence-corrected chi connectivity index (χ1v) is 11.7. The van der Waals surface area contributed by atoms with Crippen LogP contribution < -0.4 is 5.32 Å². The van der Waals surface area contributed by atoms with Crippen molar-refractivity contribution in [1.29, 1.82) is 0 Å². The molecule has 4 atom stereocenters. The summed E-state index contributed by atoms with van der Waals surface area (Å²) in [5.74, 6) is 0. The number of phosphoric ester groups is 1. The van der Waals surface area contributed by atoms with E-state index in [0.29, 0.717) is 18.7 Å². The number of rotatable bonds is 10. The van der Waals surface area contributed by atoms with Gasteiger partial charge < -0.3 is 10.1 Å². The number of nitrogens with zero attached hydrogens (tertiary/aromatic N) is 1. The van der Waals surface area contributed by atoms with Gasteiger partial charge >= 0.3 is 13.9 Å². The zero-order chi connectivity index (χ0) is 20.0. The lowest BCUT2D eigenvalue weighted by Gasteiger charge is -2.30. The van der Waals surface area contributed by atoms with Crippen molar-refractivity contribution in [3.05, 3.63) is 24.6 Å². The zero-order valence-corrected chi connectivity index (χ0v) is 17.4. The van der Waals surface area contributed by atoms with Crippen molar-refractivity contribution in [3.63, 3.8) is 0 Å². The van der Waals surface area contributed by atoms with Crippen LogP contribution in [0.25, 0.3) is 0 Å². The Labute approximate surface area is 166 Å². The molecule has 0 saturated carbocycles. The number of carbonyl (C=O) groups excluding carboxylic acids is 1. The number of ether oxygens (including phenoxy) is 1. The summed E-state index contributed by atoms with van der Waals surface area (Å²) in [6.07, 6.45) is 10.5. The maximum absolute atomic E-state index is 12.7. The van der Waals surface area contributed by atoms with Gasteiger partial charge in [-0.05, 0) is 12.5 Å². The Hall–Kier alpha value is -1.18. The molecular weight excluding hydrogens is 383 g/mol. The molecule has 28 heavy (non-hydrogen) atoms. The second kappa shape index (κ2) is 10.0. The third-order valence-corrected chi connectivity index (χ3v) is 6.58. The first-order chi connectivity index (χ1) is 13.5. The molecule has 3 aliphatic heterocycles. The van der Waals surface area contributed by atoms with Crippen molar-refractivity contribution in [2.45, 2.75) is 76.7 Å². The number of hydrogen-bond donors (Lipinski definition) is 1. The Morgan fingerprint density at radius 2 is 2.00 bits per heavy atom. The fourth-order valence-electron chi connectivity index (χ4n) is 3.50. The molecule has 3 aliphatic rings.